The third-order valence-electron chi connectivity index (χ3n) is 13.0. The van der Waals surface area contributed by atoms with Gasteiger partial charge in [-0.1, -0.05) is 154 Å². The van der Waals surface area contributed by atoms with Crippen molar-refractivity contribution in [3.8, 4) is 0 Å². The van der Waals surface area contributed by atoms with Crippen molar-refractivity contribution in [1.29, 1.82) is 0 Å². The molecular weight excluding hydrogens is 693 g/mol. The van der Waals surface area contributed by atoms with Crippen LogP contribution in [0.25, 0.3) is 0 Å². The van der Waals surface area contributed by atoms with Crippen LogP contribution in [0, 0.1) is 0 Å². The highest BCUT2D eigenvalue weighted by Gasteiger charge is 2.48. The molecule has 5 rings (SSSR count). The van der Waals surface area contributed by atoms with Crippen molar-refractivity contribution < 1.29 is 24.4 Å². The number of carbonyl (C=O) groups excluding carboxylic acids is 1. The molecule has 3 aliphatic rings. The zero-order chi connectivity index (χ0) is 40.3. The summed E-state index contributed by atoms with van der Waals surface area (Å²) in [6.07, 6.45) is 27.9. The fraction of sp³-hybridized carbons (Fsp3) is 0.580. The number of aromatic carboxylic acids is 1. The summed E-state index contributed by atoms with van der Waals surface area (Å²) < 4.78 is 1.99. The maximum Gasteiger partial charge on any atom is 0.335 e. The van der Waals surface area contributed by atoms with Gasteiger partial charge in [0.2, 0.25) is 5.69 Å². The van der Waals surface area contributed by atoms with Crippen molar-refractivity contribution >= 4 is 28.8 Å². The van der Waals surface area contributed by atoms with Crippen LogP contribution in [0.15, 0.2) is 77.2 Å². The maximum absolute atomic E-state index is 14.2. The highest BCUT2D eigenvalue weighted by Crippen LogP contribution is 2.55. The second-order valence-electron chi connectivity index (χ2n) is 17.3. The summed E-state index contributed by atoms with van der Waals surface area (Å²) in [5, 5.41) is 23.9. The lowest BCUT2D eigenvalue weighted by Gasteiger charge is -2.37. The van der Waals surface area contributed by atoms with Crippen molar-refractivity contribution in [2.24, 2.45) is 0 Å². The Balaban J connectivity index is 1.53. The normalized spacial score (nSPS) is 20.0. The number of fused-ring (bicyclic) bond motifs is 2. The Hall–Kier alpha value is -3.93. The number of unbranched alkanes of at least 4 members (excludes halogenated alkanes) is 15. The quantitative estimate of drug-likeness (QED) is 0.0654. The molecule has 2 aromatic rings. The van der Waals surface area contributed by atoms with Gasteiger partial charge in [-0.2, -0.15) is 4.58 Å². The molecule has 56 heavy (non-hydrogen) atoms. The van der Waals surface area contributed by atoms with Crippen LogP contribution in [-0.4, -0.2) is 40.7 Å². The van der Waals surface area contributed by atoms with Gasteiger partial charge in [-0.05, 0) is 62.9 Å². The van der Waals surface area contributed by atoms with Gasteiger partial charge in [-0.25, -0.2) is 4.79 Å². The first kappa shape index (κ1) is 43.2. The first-order valence-electron chi connectivity index (χ1n) is 22.3. The number of ketones is 1. The molecule has 2 aromatic carbocycles. The predicted molar refractivity (Wildman–Crippen MR) is 230 cm³/mol. The lowest BCUT2D eigenvalue weighted by Crippen LogP contribution is -2.36. The van der Waals surface area contributed by atoms with Crippen LogP contribution in [0.4, 0.5) is 11.4 Å². The third kappa shape index (κ3) is 9.27. The van der Waals surface area contributed by atoms with Crippen LogP contribution >= 0.6 is 0 Å². The summed E-state index contributed by atoms with van der Waals surface area (Å²) in [4.78, 5) is 28.5. The van der Waals surface area contributed by atoms with E-state index in [1.165, 1.54) is 101 Å². The van der Waals surface area contributed by atoms with Crippen LogP contribution < -0.4 is 10.0 Å². The van der Waals surface area contributed by atoms with Crippen LogP contribution in [0.2, 0.25) is 0 Å². The van der Waals surface area contributed by atoms with Crippen LogP contribution in [0.5, 0.6) is 0 Å². The molecule has 0 saturated heterocycles. The molecule has 2 aliphatic heterocycles. The Bertz CT molecular complexity index is 1830. The van der Waals surface area contributed by atoms with Gasteiger partial charge < -0.3 is 15.1 Å². The summed E-state index contributed by atoms with van der Waals surface area (Å²) in [6, 6.07) is 14.1. The Morgan fingerprint density at radius 3 is 1.88 bits per heavy atom. The van der Waals surface area contributed by atoms with E-state index in [4.69, 9.17) is 0 Å². The zero-order valence-electron chi connectivity index (χ0n) is 35.6. The van der Waals surface area contributed by atoms with E-state index in [9.17, 15) is 19.8 Å². The minimum Gasteiger partial charge on any atom is -0.871 e. The largest absolute Gasteiger partial charge is 0.871 e. The second kappa shape index (κ2) is 20.0. The van der Waals surface area contributed by atoms with Gasteiger partial charge in [0.1, 0.15) is 7.05 Å². The number of para-hydroxylation sites is 1. The van der Waals surface area contributed by atoms with Crippen LogP contribution in [0.3, 0.4) is 0 Å². The van der Waals surface area contributed by atoms with E-state index < -0.39 is 11.4 Å². The van der Waals surface area contributed by atoms with Crippen molar-refractivity contribution in [2.75, 3.05) is 18.5 Å². The minimum atomic E-state index is -0.974. The fourth-order valence-electron chi connectivity index (χ4n) is 9.61. The molecule has 0 amide bonds. The van der Waals surface area contributed by atoms with E-state index in [1.807, 2.05) is 37.6 Å². The molecule has 1 atom stereocenters. The Morgan fingerprint density at radius 2 is 1.30 bits per heavy atom. The van der Waals surface area contributed by atoms with Crippen molar-refractivity contribution in [1.82, 2.24) is 0 Å². The fourth-order valence-corrected chi connectivity index (χ4v) is 9.61. The smallest absolute Gasteiger partial charge is 0.335 e. The molecule has 0 aromatic heterocycles. The lowest BCUT2D eigenvalue weighted by atomic mass is 9.70. The minimum absolute atomic E-state index is 0.191. The van der Waals surface area contributed by atoms with Gasteiger partial charge in [0.15, 0.2) is 11.5 Å². The number of hydrogen-bond donors (Lipinski definition) is 1. The molecule has 0 saturated carbocycles. The Labute approximate surface area is 338 Å². The molecular formula is C50H70N2O4. The lowest BCUT2D eigenvalue weighted by molar-refractivity contribution is -0.401. The van der Waals surface area contributed by atoms with Crippen molar-refractivity contribution in [2.45, 2.75) is 174 Å². The van der Waals surface area contributed by atoms with Gasteiger partial charge in [0.05, 0.1) is 11.0 Å². The van der Waals surface area contributed by atoms with Gasteiger partial charge in [0.25, 0.3) is 0 Å². The standard InChI is InChI=1S/C50H70N2O4/c1-7-10-13-16-18-19-21-25-32-50(31-24-20-17-14-11-8-2)40-27-22-23-28-43(40)52(33-26-15-12-9-3)45(50)36-39-46(53)38(47(39)54)35-44-49(4,5)41-34-37(48(55)56)29-30-42(41)51(44)6/h22-23,27-30,34-36H,7-21,24-26,31-33H2,1-6H3,(H-,53,54,55,56). The maximum atomic E-state index is 14.2. The van der Waals surface area contributed by atoms with Crippen LogP contribution in [-0.2, 0) is 15.6 Å². The number of carbonyl (C=O) groups is 2. The van der Waals surface area contributed by atoms with E-state index in [-0.39, 0.29) is 28.1 Å². The highest BCUT2D eigenvalue weighted by molar-refractivity contribution is 6.24. The summed E-state index contributed by atoms with van der Waals surface area (Å²) >= 11 is 0. The van der Waals surface area contributed by atoms with Gasteiger partial charge >= 0.3 is 5.97 Å². The Morgan fingerprint density at radius 1 is 0.750 bits per heavy atom. The molecule has 0 bridgehead atoms. The number of rotatable bonds is 24. The molecule has 1 unspecified atom stereocenters. The van der Waals surface area contributed by atoms with Gasteiger partial charge in [-0.15, -0.1) is 0 Å². The van der Waals surface area contributed by atoms with Crippen molar-refractivity contribution in [3.63, 3.8) is 0 Å². The van der Waals surface area contributed by atoms with Crippen LogP contribution in [0.1, 0.15) is 185 Å². The second-order valence-corrected chi connectivity index (χ2v) is 17.3. The number of anilines is 1. The monoisotopic (exact) mass is 763 g/mol. The number of carboxylic acids is 1. The number of benzene rings is 2. The van der Waals surface area contributed by atoms with E-state index in [2.05, 4.69) is 49.9 Å². The molecule has 0 radical (unpaired) electrons. The first-order chi connectivity index (χ1) is 27.0. The zero-order valence-corrected chi connectivity index (χ0v) is 35.6. The summed E-state index contributed by atoms with van der Waals surface area (Å²) in [7, 11) is 1.93. The Kier molecular flexibility index (Phi) is 15.4. The first-order valence-corrected chi connectivity index (χ1v) is 22.3. The van der Waals surface area contributed by atoms with Gasteiger partial charge in [0, 0.05) is 52.2 Å². The summed E-state index contributed by atoms with van der Waals surface area (Å²) in [5.74, 6) is -1.36. The highest BCUT2D eigenvalue weighted by atomic mass is 16.4. The molecule has 2 heterocycles. The molecule has 0 fully saturated rings. The average molecular weight is 763 g/mol. The number of nitrogens with zero attached hydrogens (tertiary/aromatic N) is 2. The van der Waals surface area contributed by atoms with E-state index in [1.54, 1.807) is 18.2 Å². The SMILES string of the molecule is CCCCCCCCCCC1(CCCCCCCC)C(=CC2=C([O-])C(=CC3=[N+](C)c4ccc(C(=O)O)cc4C3(C)C)C2=O)N(CCCCCC)c2ccccc21. The molecule has 304 valence electrons. The molecule has 1 aliphatic carbocycles. The predicted octanol–water partition coefficient (Wildman–Crippen LogP) is 12.0. The van der Waals surface area contributed by atoms with E-state index in [0.29, 0.717) is 5.57 Å². The molecule has 0 spiro atoms. The number of allylic oxidation sites excluding steroid dienone is 5. The topological polar surface area (TPSA) is 83.7 Å². The summed E-state index contributed by atoms with van der Waals surface area (Å²) in [5.41, 5.74) is 6.27. The average Bonchev–Trinajstić information content (AvgIpc) is 3.55. The molecule has 6 nitrogen and oxygen atoms in total. The third-order valence-corrected chi connectivity index (χ3v) is 13.0. The molecule has 1 N–H and O–H groups in total. The molecule has 6 heteroatoms. The van der Waals surface area contributed by atoms with Gasteiger partial charge in [-0.3, -0.25) is 4.79 Å². The summed E-state index contributed by atoms with van der Waals surface area (Å²) in [6.45, 7) is 11.7. The number of Topliss-reactive ketones (excluding diaryl/α,β-unsaturated/α-hetero) is 1. The van der Waals surface area contributed by atoms with E-state index >= 15 is 0 Å². The number of hydrogen-bond acceptors (Lipinski definition) is 4. The van der Waals surface area contributed by atoms with Crippen molar-refractivity contribution in [3.05, 3.63) is 93.9 Å². The van der Waals surface area contributed by atoms with E-state index in [0.717, 1.165) is 67.7 Å². The number of carboxylic acid groups (broad SMARTS) is 1.